The first-order valence-electron chi connectivity index (χ1n) is 4.10. The molecule has 1 aromatic rings. The summed E-state index contributed by atoms with van der Waals surface area (Å²) >= 11 is 1.63. The predicted octanol–water partition coefficient (Wildman–Crippen LogP) is 0.706. The van der Waals surface area contributed by atoms with Crippen LogP contribution in [0, 0.1) is 0 Å². The van der Waals surface area contributed by atoms with Gasteiger partial charge in [-0.1, -0.05) is 6.07 Å². The van der Waals surface area contributed by atoms with Gasteiger partial charge in [-0.3, -0.25) is 4.79 Å². The molecule has 0 radical (unpaired) electrons. The first-order valence-corrected chi connectivity index (χ1v) is 4.98. The first kappa shape index (κ1) is 10.2. The quantitative estimate of drug-likeness (QED) is 0.777. The summed E-state index contributed by atoms with van der Waals surface area (Å²) in [7, 11) is 3.44. The average molecular weight is 198 g/mol. The molecule has 0 aliphatic rings. The van der Waals surface area contributed by atoms with Crippen LogP contribution in [0.5, 0.6) is 0 Å². The third-order valence-corrected chi connectivity index (χ3v) is 2.66. The van der Waals surface area contributed by atoms with Crippen molar-refractivity contribution in [2.24, 2.45) is 5.73 Å². The van der Waals surface area contributed by atoms with E-state index < -0.39 is 6.04 Å². The van der Waals surface area contributed by atoms with Crippen LogP contribution in [0.3, 0.4) is 0 Å². The summed E-state index contributed by atoms with van der Waals surface area (Å²) in [6.07, 6.45) is 0.634. The smallest absolute Gasteiger partial charge is 0.239 e. The number of hydrogen-bond acceptors (Lipinski definition) is 3. The van der Waals surface area contributed by atoms with Crippen molar-refractivity contribution in [1.82, 2.24) is 4.90 Å². The van der Waals surface area contributed by atoms with E-state index in [4.69, 9.17) is 5.73 Å². The standard InChI is InChI=1S/C9H14N2OS/c1-11(2)9(12)8(10)6-7-4-3-5-13-7/h3-5,8H,6,10H2,1-2H3. The third kappa shape index (κ3) is 2.82. The molecule has 0 saturated carbocycles. The Morgan fingerprint density at radius 2 is 2.38 bits per heavy atom. The number of nitrogens with zero attached hydrogens (tertiary/aromatic N) is 1. The van der Waals surface area contributed by atoms with Crippen LogP contribution in [0.2, 0.25) is 0 Å². The summed E-state index contributed by atoms with van der Waals surface area (Å²) in [5.41, 5.74) is 5.72. The minimum Gasteiger partial charge on any atom is -0.347 e. The predicted molar refractivity (Wildman–Crippen MR) is 54.7 cm³/mol. The van der Waals surface area contributed by atoms with Crippen LogP contribution in [-0.4, -0.2) is 30.9 Å². The van der Waals surface area contributed by atoms with E-state index in [0.29, 0.717) is 6.42 Å². The Morgan fingerprint density at radius 3 is 2.85 bits per heavy atom. The van der Waals surface area contributed by atoms with Gasteiger partial charge < -0.3 is 10.6 Å². The molecular weight excluding hydrogens is 184 g/mol. The SMILES string of the molecule is CN(C)C(=O)C(N)Cc1cccs1. The van der Waals surface area contributed by atoms with E-state index in [1.807, 2.05) is 17.5 Å². The Labute approximate surface area is 82.2 Å². The zero-order valence-corrected chi connectivity index (χ0v) is 8.67. The molecule has 1 rings (SSSR count). The minimum atomic E-state index is -0.409. The van der Waals surface area contributed by atoms with Crippen LogP contribution in [0.25, 0.3) is 0 Å². The lowest BCUT2D eigenvalue weighted by Gasteiger charge is -2.15. The second-order valence-corrected chi connectivity index (χ2v) is 4.15. The van der Waals surface area contributed by atoms with Crippen molar-refractivity contribution in [1.29, 1.82) is 0 Å². The van der Waals surface area contributed by atoms with Gasteiger partial charge in [-0.25, -0.2) is 0 Å². The number of amides is 1. The maximum absolute atomic E-state index is 11.4. The molecule has 1 amide bonds. The van der Waals surface area contributed by atoms with Gasteiger partial charge in [-0.05, 0) is 11.4 Å². The molecule has 0 aromatic carbocycles. The Morgan fingerprint density at radius 1 is 1.69 bits per heavy atom. The number of thiophene rings is 1. The van der Waals surface area contributed by atoms with Crippen LogP contribution in [0.15, 0.2) is 17.5 Å². The first-order chi connectivity index (χ1) is 6.11. The molecule has 0 fully saturated rings. The fraction of sp³-hybridized carbons (Fsp3) is 0.444. The molecule has 1 aromatic heterocycles. The number of carbonyl (C=O) groups is 1. The molecule has 72 valence electrons. The zero-order chi connectivity index (χ0) is 9.84. The van der Waals surface area contributed by atoms with E-state index in [9.17, 15) is 4.79 Å². The zero-order valence-electron chi connectivity index (χ0n) is 7.86. The van der Waals surface area contributed by atoms with Gasteiger partial charge in [-0.2, -0.15) is 0 Å². The lowest BCUT2D eigenvalue weighted by atomic mass is 10.2. The molecule has 0 bridgehead atoms. The van der Waals surface area contributed by atoms with Gasteiger partial charge >= 0.3 is 0 Å². The fourth-order valence-corrected chi connectivity index (χ4v) is 1.83. The highest BCUT2D eigenvalue weighted by molar-refractivity contribution is 7.09. The second-order valence-electron chi connectivity index (χ2n) is 3.12. The highest BCUT2D eigenvalue weighted by Crippen LogP contribution is 2.10. The summed E-state index contributed by atoms with van der Waals surface area (Å²) in [5, 5.41) is 1.99. The summed E-state index contributed by atoms with van der Waals surface area (Å²) in [5.74, 6) is -0.0200. The van der Waals surface area contributed by atoms with Crippen LogP contribution in [-0.2, 0) is 11.2 Å². The Kier molecular flexibility index (Phi) is 3.45. The maximum Gasteiger partial charge on any atom is 0.239 e. The molecule has 0 aliphatic carbocycles. The molecule has 0 spiro atoms. The van der Waals surface area contributed by atoms with E-state index in [-0.39, 0.29) is 5.91 Å². The Balaban J connectivity index is 2.51. The normalized spacial score (nSPS) is 12.5. The van der Waals surface area contributed by atoms with E-state index in [2.05, 4.69) is 0 Å². The van der Waals surface area contributed by atoms with Crippen LogP contribution >= 0.6 is 11.3 Å². The second kappa shape index (κ2) is 4.39. The van der Waals surface area contributed by atoms with E-state index in [0.717, 1.165) is 4.88 Å². The van der Waals surface area contributed by atoms with E-state index in [1.165, 1.54) is 4.90 Å². The minimum absolute atomic E-state index is 0.0200. The fourth-order valence-electron chi connectivity index (χ4n) is 1.06. The number of rotatable bonds is 3. The van der Waals surface area contributed by atoms with Gasteiger partial charge in [0.15, 0.2) is 0 Å². The molecule has 1 atom stereocenters. The van der Waals surface area contributed by atoms with Gasteiger partial charge in [0, 0.05) is 25.4 Å². The molecule has 2 N–H and O–H groups in total. The summed E-state index contributed by atoms with van der Waals surface area (Å²) in [4.78, 5) is 14.1. The van der Waals surface area contributed by atoms with Gasteiger partial charge in [0.25, 0.3) is 0 Å². The number of hydrogen-bond donors (Lipinski definition) is 1. The largest absolute Gasteiger partial charge is 0.347 e. The van der Waals surface area contributed by atoms with Crippen molar-refractivity contribution in [2.75, 3.05) is 14.1 Å². The molecule has 1 heterocycles. The molecule has 0 saturated heterocycles. The summed E-state index contributed by atoms with van der Waals surface area (Å²) < 4.78 is 0. The van der Waals surface area contributed by atoms with Crippen LogP contribution in [0.1, 0.15) is 4.88 Å². The number of nitrogens with two attached hydrogens (primary N) is 1. The Bertz CT molecular complexity index is 269. The Hall–Kier alpha value is -0.870. The topological polar surface area (TPSA) is 46.3 Å². The third-order valence-electron chi connectivity index (χ3n) is 1.76. The van der Waals surface area contributed by atoms with Crippen LogP contribution < -0.4 is 5.73 Å². The van der Waals surface area contributed by atoms with Crippen molar-refractivity contribution in [3.8, 4) is 0 Å². The van der Waals surface area contributed by atoms with Gasteiger partial charge in [0.05, 0.1) is 6.04 Å². The molecule has 4 heteroatoms. The van der Waals surface area contributed by atoms with Gasteiger partial charge in [0.1, 0.15) is 0 Å². The lowest BCUT2D eigenvalue weighted by Crippen LogP contribution is -2.41. The van der Waals surface area contributed by atoms with Crippen molar-refractivity contribution in [2.45, 2.75) is 12.5 Å². The van der Waals surface area contributed by atoms with Crippen molar-refractivity contribution in [3.05, 3.63) is 22.4 Å². The van der Waals surface area contributed by atoms with Crippen molar-refractivity contribution >= 4 is 17.2 Å². The summed E-state index contributed by atoms with van der Waals surface area (Å²) in [6, 6.07) is 3.55. The van der Waals surface area contributed by atoms with Crippen molar-refractivity contribution in [3.63, 3.8) is 0 Å². The van der Waals surface area contributed by atoms with Crippen LogP contribution in [0.4, 0.5) is 0 Å². The molecule has 13 heavy (non-hydrogen) atoms. The maximum atomic E-state index is 11.4. The number of carbonyl (C=O) groups excluding carboxylic acids is 1. The number of likely N-dealkylation sites (N-methyl/N-ethyl adjacent to an activating group) is 1. The monoisotopic (exact) mass is 198 g/mol. The highest BCUT2D eigenvalue weighted by atomic mass is 32.1. The van der Waals surface area contributed by atoms with Gasteiger partial charge in [0.2, 0.25) is 5.91 Å². The average Bonchev–Trinajstić information content (AvgIpc) is 2.55. The molecular formula is C9H14N2OS. The highest BCUT2D eigenvalue weighted by Gasteiger charge is 2.15. The lowest BCUT2D eigenvalue weighted by molar-refractivity contribution is -0.130. The van der Waals surface area contributed by atoms with E-state index in [1.54, 1.807) is 25.4 Å². The van der Waals surface area contributed by atoms with Crippen molar-refractivity contribution < 1.29 is 4.79 Å². The molecule has 3 nitrogen and oxygen atoms in total. The van der Waals surface area contributed by atoms with Gasteiger partial charge in [-0.15, -0.1) is 11.3 Å². The van der Waals surface area contributed by atoms with E-state index >= 15 is 0 Å². The summed E-state index contributed by atoms with van der Waals surface area (Å²) in [6.45, 7) is 0. The molecule has 1 unspecified atom stereocenters. The molecule has 0 aliphatic heterocycles.